The molecule has 0 spiro atoms. The lowest BCUT2D eigenvalue weighted by molar-refractivity contribution is -0.355. The molecule has 15 heteroatoms. The highest BCUT2D eigenvalue weighted by atomic mass is 16.8. The van der Waals surface area contributed by atoms with Gasteiger partial charge in [-0.2, -0.15) is 0 Å². The van der Waals surface area contributed by atoms with Gasteiger partial charge in [0.2, 0.25) is 0 Å². The van der Waals surface area contributed by atoms with Crippen LogP contribution in [0.15, 0.2) is 0 Å². The molecule has 0 amide bonds. The van der Waals surface area contributed by atoms with Gasteiger partial charge in [-0.05, 0) is 6.42 Å². The van der Waals surface area contributed by atoms with Crippen molar-refractivity contribution in [2.75, 3.05) is 6.61 Å². The van der Waals surface area contributed by atoms with Gasteiger partial charge in [0.1, 0.15) is 24.9 Å². The maximum Gasteiger partial charge on any atom is 0.303 e. The fraction of sp³-hybridized carbons (Fsp3) is 0.783. The van der Waals surface area contributed by atoms with Crippen LogP contribution in [0.5, 0.6) is 0 Å². The molecule has 2 fully saturated rings. The van der Waals surface area contributed by atoms with Crippen LogP contribution in [0.1, 0.15) is 48.0 Å². The van der Waals surface area contributed by atoms with Gasteiger partial charge in [0.25, 0.3) is 0 Å². The number of carbonyl (C=O) groups is 5. The summed E-state index contributed by atoms with van der Waals surface area (Å²) in [6, 6.07) is 0. The van der Waals surface area contributed by atoms with E-state index < -0.39 is 97.9 Å². The Morgan fingerprint density at radius 1 is 0.632 bits per heavy atom. The Kier molecular flexibility index (Phi) is 11.4. The van der Waals surface area contributed by atoms with Crippen LogP contribution in [0.2, 0.25) is 0 Å². The summed E-state index contributed by atoms with van der Waals surface area (Å²) < 4.78 is 43.3. The summed E-state index contributed by atoms with van der Waals surface area (Å²) in [4.78, 5) is 58.7. The van der Waals surface area contributed by atoms with E-state index in [9.17, 15) is 34.2 Å². The van der Waals surface area contributed by atoms with Crippen molar-refractivity contribution in [1.82, 2.24) is 0 Å². The Bertz CT molecular complexity index is 875. The monoisotopic (exact) mass is 550 g/mol. The first-order valence-corrected chi connectivity index (χ1v) is 11.9. The largest absolute Gasteiger partial charge is 0.463 e. The number of aliphatic hydroxyl groups excluding tert-OH is 2. The molecule has 0 aromatic rings. The van der Waals surface area contributed by atoms with E-state index in [4.69, 9.17) is 37.9 Å². The number of rotatable bonds is 9. The van der Waals surface area contributed by atoms with Gasteiger partial charge in [0, 0.05) is 34.6 Å². The van der Waals surface area contributed by atoms with Gasteiger partial charge < -0.3 is 48.1 Å². The van der Waals surface area contributed by atoms with Gasteiger partial charge in [0.05, 0.1) is 6.10 Å². The van der Waals surface area contributed by atoms with E-state index in [1.54, 1.807) is 6.92 Å². The van der Waals surface area contributed by atoms with Crippen molar-refractivity contribution in [3.63, 3.8) is 0 Å². The number of ether oxygens (including phenoxy) is 8. The molecule has 38 heavy (non-hydrogen) atoms. The Morgan fingerprint density at radius 3 is 1.63 bits per heavy atom. The SMILES string of the molecule is CCC1O[C@H](O)C(OC(C)=O)[C@@H](OC(C)=O)[C@@H]1O[C@@H]1OC(COC(C)=O)[C@@H](O)[C@H](OC(C)=O)C1OC(C)=O. The average molecular weight is 551 g/mol. The molecule has 0 radical (unpaired) electrons. The highest BCUT2D eigenvalue weighted by Crippen LogP contribution is 2.34. The Hall–Kier alpha value is -2.85. The second-order valence-electron chi connectivity index (χ2n) is 8.71. The van der Waals surface area contributed by atoms with Crippen molar-refractivity contribution in [2.45, 2.75) is 109 Å². The normalized spacial score (nSPS) is 34.9. The van der Waals surface area contributed by atoms with Crippen LogP contribution in [0.25, 0.3) is 0 Å². The van der Waals surface area contributed by atoms with Gasteiger partial charge in [-0.3, -0.25) is 24.0 Å². The van der Waals surface area contributed by atoms with Crippen LogP contribution in [-0.2, 0) is 61.9 Å². The topological polar surface area (TPSA) is 200 Å². The molecule has 10 atom stereocenters. The smallest absolute Gasteiger partial charge is 0.303 e. The average Bonchev–Trinajstić information content (AvgIpc) is 2.79. The quantitative estimate of drug-likeness (QED) is 0.258. The highest BCUT2D eigenvalue weighted by Gasteiger charge is 2.55. The first kappa shape index (κ1) is 31.4. The molecule has 0 aromatic heterocycles. The molecule has 2 heterocycles. The maximum absolute atomic E-state index is 11.9. The molecular weight excluding hydrogens is 516 g/mol. The number of carbonyl (C=O) groups excluding carboxylic acids is 5. The van der Waals surface area contributed by atoms with Crippen molar-refractivity contribution < 1.29 is 72.1 Å². The van der Waals surface area contributed by atoms with Crippen molar-refractivity contribution >= 4 is 29.8 Å². The zero-order valence-electron chi connectivity index (χ0n) is 21.9. The highest BCUT2D eigenvalue weighted by molar-refractivity contribution is 5.68. The minimum Gasteiger partial charge on any atom is -0.463 e. The van der Waals surface area contributed by atoms with Gasteiger partial charge in [-0.25, -0.2) is 0 Å². The lowest BCUT2D eigenvalue weighted by Crippen LogP contribution is -2.66. The molecule has 15 nitrogen and oxygen atoms in total. The summed E-state index contributed by atoms with van der Waals surface area (Å²) >= 11 is 0. The molecule has 2 rings (SSSR count). The molecule has 0 bridgehead atoms. The van der Waals surface area contributed by atoms with E-state index in [1.807, 2.05) is 0 Å². The molecule has 0 aromatic carbocycles. The van der Waals surface area contributed by atoms with Crippen molar-refractivity contribution in [2.24, 2.45) is 0 Å². The maximum atomic E-state index is 11.9. The van der Waals surface area contributed by atoms with Crippen LogP contribution in [0, 0.1) is 0 Å². The van der Waals surface area contributed by atoms with E-state index in [2.05, 4.69) is 0 Å². The summed E-state index contributed by atoms with van der Waals surface area (Å²) in [6.07, 6.45) is -14.3. The van der Waals surface area contributed by atoms with Crippen LogP contribution in [-0.4, -0.2) is 108 Å². The van der Waals surface area contributed by atoms with Crippen molar-refractivity contribution in [3.05, 3.63) is 0 Å². The summed E-state index contributed by atoms with van der Waals surface area (Å²) in [5.41, 5.74) is 0. The van der Waals surface area contributed by atoms with Gasteiger partial charge in [0.15, 0.2) is 37.0 Å². The number of esters is 5. The third-order valence-corrected chi connectivity index (χ3v) is 5.58. The first-order chi connectivity index (χ1) is 17.7. The van der Waals surface area contributed by atoms with E-state index in [0.29, 0.717) is 0 Å². The second-order valence-corrected chi connectivity index (χ2v) is 8.71. The van der Waals surface area contributed by atoms with Crippen LogP contribution in [0.3, 0.4) is 0 Å². The molecule has 0 saturated carbocycles. The van der Waals surface area contributed by atoms with Gasteiger partial charge >= 0.3 is 29.8 Å². The standard InChI is InChI=1S/C23H34O15/c1-7-14-17(19(33-11(4)26)20(22(30)36-14)34-12(5)27)38-23-21(35-13(6)28)18(32-10(3)25)16(29)15(37-23)8-31-9(2)24/h14-23,29-30H,7-8H2,1-6H3/t14?,15?,16-,17-,18+,19+,20?,21?,22+,23+/m1/s1. The van der Waals surface area contributed by atoms with Crippen molar-refractivity contribution in [3.8, 4) is 0 Å². The number of aliphatic hydroxyl groups is 2. The lowest BCUT2D eigenvalue weighted by atomic mass is 9.95. The molecular formula is C23H34O15. The van der Waals surface area contributed by atoms with E-state index in [-0.39, 0.29) is 6.42 Å². The summed E-state index contributed by atoms with van der Waals surface area (Å²) in [6.45, 7) is 6.60. The van der Waals surface area contributed by atoms with Crippen molar-refractivity contribution in [1.29, 1.82) is 0 Å². The first-order valence-electron chi connectivity index (χ1n) is 11.9. The molecule has 4 unspecified atom stereocenters. The molecule has 2 aliphatic rings. The third kappa shape index (κ3) is 8.33. The summed E-state index contributed by atoms with van der Waals surface area (Å²) in [5, 5.41) is 21.3. The Labute approximate surface area is 218 Å². The minimum atomic E-state index is -1.68. The predicted molar refractivity (Wildman–Crippen MR) is 120 cm³/mol. The van der Waals surface area contributed by atoms with Gasteiger partial charge in [-0.15, -0.1) is 0 Å². The Balaban J connectivity index is 2.51. The minimum absolute atomic E-state index is 0.199. The van der Waals surface area contributed by atoms with E-state index in [1.165, 1.54) is 0 Å². The summed E-state index contributed by atoms with van der Waals surface area (Å²) in [7, 11) is 0. The molecule has 2 aliphatic heterocycles. The lowest BCUT2D eigenvalue weighted by Gasteiger charge is -2.47. The number of hydrogen-bond donors (Lipinski definition) is 2. The molecule has 2 N–H and O–H groups in total. The fourth-order valence-corrected chi connectivity index (χ4v) is 4.17. The zero-order valence-corrected chi connectivity index (χ0v) is 21.9. The van der Waals surface area contributed by atoms with Crippen LogP contribution < -0.4 is 0 Å². The zero-order chi connectivity index (χ0) is 28.7. The molecule has 2 saturated heterocycles. The third-order valence-electron chi connectivity index (χ3n) is 5.58. The predicted octanol–water partition coefficient (Wildman–Crippen LogP) is -1.13. The van der Waals surface area contributed by atoms with Crippen LogP contribution >= 0.6 is 0 Å². The van der Waals surface area contributed by atoms with Crippen LogP contribution in [0.4, 0.5) is 0 Å². The Morgan fingerprint density at radius 2 is 1.13 bits per heavy atom. The number of hydrogen-bond acceptors (Lipinski definition) is 15. The fourth-order valence-electron chi connectivity index (χ4n) is 4.17. The summed E-state index contributed by atoms with van der Waals surface area (Å²) in [5.74, 6) is -3.97. The van der Waals surface area contributed by atoms with E-state index >= 15 is 0 Å². The van der Waals surface area contributed by atoms with E-state index in [0.717, 1.165) is 34.6 Å². The molecule has 0 aliphatic carbocycles. The second kappa shape index (κ2) is 13.8. The molecule has 216 valence electrons. The van der Waals surface area contributed by atoms with Gasteiger partial charge in [-0.1, -0.05) is 6.92 Å².